The van der Waals surface area contributed by atoms with Crippen molar-refractivity contribution < 1.29 is 5.11 Å². The van der Waals surface area contributed by atoms with Gasteiger partial charge in [0.2, 0.25) is 0 Å². The smallest absolute Gasteiger partial charge is 0.149 e. The lowest BCUT2D eigenvalue weighted by Gasteiger charge is -2.18. The number of anilines is 2. The van der Waals surface area contributed by atoms with Crippen molar-refractivity contribution in [3.05, 3.63) is 17.8 Å². The third-order valence-corrected chi connectivity index (χ3v) is 1.73. The average Bonchev–Trinajstić information content (AvgIpc) is 2.14. The molecule has 0 atom stereocenters. The van der Waals surface area contributed by atoms with E-state index >= 15 is 0 Å². The number of hydrogen-bond donors (Lipinski definition) is 3. The summed E-state index contributed by atoms with van der Waals surface area (Å²) in [4.78, 5) is 3.98. The topological polar surface area (TPSA) is 95.0 Å². The second-order valence-corrected chi connectivity index (χ2v) is 3.94. The number of nitrogens with one attached hydrogen (secondary N) is 1. The largest absolute Gasteiger partial charge is 0.396 e. The van der Waals surface area contributed by atoms with Gasteiger partial charge in [-0.05, 0) is 19.9 Å². The fraction of sp³-hybridized carbons (Fsp3) is 0.400. The highest BCUT2D eigenvalue weighted by atomic mass is 16.3. The third-order valence-electron chi connectivity index (χ3n) is 1.73. The molecule has 0 unspecified atom stereocenters. The number of nitrogens with zero attached hydrogens (tertiary/aromatic N) is 2. The molecule has 0 radical (unpaired) electrons. The van der Waals surface area contributed by atoms with Crippen LogP contribution in [0.3, 0.4) is 0 Å². The summed E-state index contributed by atoms with van der Waals surface area (Å²) in [5.74, 6) is 0.483. The van der Waals surface area contributed by atoms with Crippen molar-refractivity contribution in [3.8, 4) is 6.07 Å². The molecule has 0 aromatic carbocycles. The Hall–Kier alpha value is -1.80. The number of nitrogen functional groups attached to an aromatic ring is 1. The van der Waals surface area contributed by atoms with Crippen molar-refractivity contribution in [2.45, 2.75) is 19.4 Å². The van der Waals surface area contributed by atoms with E-state index in [2.05, 4.69) is 10.3 Å². The minimum absolute atomic E-state index is 0.343. The standard InChI is InChI=1S/C10H14N4O/c1-10(2,15)6-14-9-8(12)3-7(4-11)5-13-9/h3,5,15H,6,12H2,1-2H3,(H,13,14). The van der Waals surface area contributed by atoms with Gasteiger partial charge in [0.15, 0.2) is 0 Å². The van der Waals surface area contributed by atoms with Crippen LogP contribution in [0.4, 0.5) is 11.5 Å². The van der Waals surface area contributed by atoms with E-state index in [-0.39, 0.29) is 0 Å². The van der Waals surface area contributed by atoms with Crippen LogP contribution in [0.25, 0.3) is 0 Å². The summed E-state index contributed by atoms with van der Waals surface area (Å²) >= 11 is 0. The molecular weight excluding hydrogens is 192 g/mol. The Labute approximate surface area is 88.6 Å². The first kappa shape index (κ1) is 11.3. The van der Waals surface area contributed by atoms with Crippen molar-refractivity contribution in [1.82, 2.24) is 4.98 Å². The van der Waals surface area contributed by atoms with Gasteiger partial charge in [-0.3, -0.25) is 0 Å². The van der Waals surface area contributed by atoms with E-state index in [9.17, 15) is 5.11 Å². The Bertz CT molecular complexity index is 389. The van der Waals surface area contributed by atoms with Crippen molar-refractivity contribution in [2.24, 2.45) is 0 Å². The van der Waals surface area contributed by atoms with Crippen LogP contribution < -0.4 is 11.1 Å². The molecule has 0 bridgehead atoms. The van der Waals surface area contributed by atoms with Gasteiger partial charge >= 0.3 is 0 Å². The second-order valence-electron chi connectivity index (χ2n) is 3.94. The Kier molecular flexibility index (Phi) is 3.12. The van der Waals surface area contributed by atoms with E-state index in [0.29, 0.717) is 23.6 Å². The lowest BCUT2D eigenvalue weighted by atomic mass is 10.1. The maximum atomic E-state index is 9.49. The molecule has 0 amide bonds. The number of rotatable bonds is 3. The lowest BCUT2D eigenvalue weighted by Crippen LogP contribution is -2.29. The fourth-order valence-electron chi connectivity index (χ4n) is 0.991. The molecule has 80 valence electrons. The zero-order valence-corrected chi connectivity index (χ0v) is 8.78. The van der Waals surface area contributed by atoms with Crippen molar-refractivity contribution in [1.29, 1.82) is 5.26 Å². The molecule has 0 fully saturated rings. The maximum Gasteiger partial charge on any atom is 0.149 e. The van der Waals surface area contributed by atoms with Crippen LogP contribution in [0, 0.1) is 11.3 Å². The summed E-state index contributed by atoms with van der Waals surface area (Å²) < 4.78 is 0. The number of nitriles is 1. The number of aromatic nitrogens is 1. The molecule has 1 aromatic heterocycles. The summed E-state index contributed by atoms with van der Waals surface area (Å²) in [7, 11) is 0. The number of pyridine rings is 1. The van der Waals surface area contributed by atoms with Crippen molar-refractivity contribution in [2.75, 3.05) is 17.6 Å². The van der Waals surface area contributed by atoms with Crippen LogP contribution in [0.2, 0.25) is 0 Å². The molecule has 0 spiro atoms. The molecule has 0 aliphatic rings. The van der Waals surface area contributed by atoms with Gasteiger partial charge in [0.25, 0.3) is 0 Å². The highest BCUT2D eigenvalue weighted by Crippen LogP contribution is 2.16. The number of hydrogen-bond acceptors (Lipinski definition) is 5. The van der Waals surface area contributed by atoms with E-state index in [4.69, 9.17) is 11.0 Å². The molecule has 4 N–H and O–H groups in total. The Morgan fingerprint density at radius 1 is 1.67 bits per heavy atom. The zero-order chi connectivity index (χ0) is 11.5. The Morgan fingerprint density at radius 3 is 2.80 bits per heavy atom. The van der Waals surface area contributed by atoms with Gasteiger partial charge in [-0.1, -0.05) is 0 Å². The summed E-state index contributed by atoms with van der Waals surface area (Å²) in [5.41, 5.74) is 5.66. The van der Waals surface area contributed by atoms with Crippen molar-refractivity contribution in [3.63, 3.8) is 0 Å². The Morgan fingerprint density at radius 2 is 2.33 bits per heavy atom. The molecule has 0 aliphatic heterocycles. The number of aliphatic hydroxyl groups is 1. The predicted octanol–water partition coefficient (Wildman–Crippen LogP) is 0.718. The highest BCUT2D eigenvalue weighted by Gasteiger charge is 2.13. The molecule has 0 saturated heterocycles. The van der Waals surface area contributed by atoms with Crippen LogP contribution in [-0.2, 0) is 0 Å². The summed E-state index contributed by atoms with van der Waals surface area (Å²) in [6.07, 6.45) is 1.43. The second kappa shape index (κ2) is 4.15. The van der Waals surface area contributed by atoms with Gasteiger partial charge in [-0.2, -0.15) is 5.26 Å². The minimum atomic E-state index is -0.831. The normalized spacial score (nSPS) is 10.8. The summed E-state index contributed by atoms with van der Waals surface area (Å²) in [5, 5.41) is 21.0. The van der Waals surface area contributed by atoms with Gasteiger partial charge in [-0.15, -0.1) is 0 Å². The molecule has 15 heavy (non-hydrogen) atoms. The van der Waals surface area contributed by atoms with Crippen molar-refractivity contribution >= 4 is 11.5 Å². The fourth-order valence-corrected chi connectivity index (χ4v) is 0.991. The van der Waals surface area contributed by atoms with Gasteiger partial charge in [0, 0.05) is 12.7 Å². The monoisotopic (exact) mass is 206 g/mol. The summed E-state index contributed by atoms with van der Waals surface area (Å²) in [6.45, 7) is 3.70. The van der Waals surface area contributed by atoms with E-state index < -0.39 is 5.60 Å². The first-order valence-electron chi connectivity index (χ1n) is 4.54. The molecule has 1 rings (SSSR count). The van der Waals surface area contributed by atoms with Crippen LogP contribution in [0.5, 0.6) is 0 Å². The van der Waals surface area contributed by atoms with Crippen LogP contribution in [0.15, 0.2) is 12.3 Å². The van der Waals surface area contributed by atoms with Gasteiger partial charge in [0.05, 0.1) is 16.9 Å². The van der Waals surface area contributed by atoms with E-state index in [1.165, 1.54) is 6.20 Å². The van der Waals surface area contributed by atoms with E-state index in [1.54, 1.807) is 19.9 Å². The van der Waals surface area contributed by atoms with E-state index in [1.807, 2.05) is 6.07 Å². The average molecular weight is 206 g/mol. The molecule has 5 nitrogen and oxygen atoms in total. The highest BCUT2D eigenvalue weighted by molar-refractivity contribution is 5.63. The Balaban J connectivity index is 2.76. The first-order valence-corrected chi connectivity index (χ1v) is 4.54. The lowest BCUT2D eigenvalue weighted by molar-refractivity contribution is 0.0944. The van der Waals surface area contributed by atoms with Crippen LogP contribution in [-0.4, -0.2) is 22.2 Å². The van der Waals surface area contributed by atoms with Gasteiger partial charge in [0.1, 0.15) is 11.9 Å². The number of nitrogens with two attached hydrogens (primary N) is 1. The van der Waals surface area contributed by atoms with Gasteiger partial charge in [-0.25, -0.2) is 4.98 Å². The van der Waals surface area contributed by atoms with Gasteiger partial charge < -0.3 is 16.2 Å². The SMILES string of the molecule is CC(C)(O)CNc1ncc(C#N)cc1N. The molecule has 0 saturated carbocycles. The van der Waals surface area contributed by atoms with E-state index in [0.717, 1.165) is 0 Å². The molecular formula is C10H14N4O. The molecule has 0 aliphatic carbocycles. The molecule has 5 heteroatoms. The first-order chi connectivity index (χ1) is 6.92. The molecule has 1 heterocycles. The predicted molar refractivity (Wildman–Crippen MR) is 58.2 cm³/mol. The maximum absolute atomic E-state index is 9.49. The minimum Gasteiger partial charge on any atom is -0.396 e. The van der Waals surface area contributed by atoms with Crippen LogP contribution in [0.1, 0.15) is 19.4 Å². The summed E-state index contributed by atoms with van der Waals surface area (Å²) in [6, 6.07) is 3.49. The molecule has 1 aromatic rings. The quantitative estimate of drug-likeness (QED) is 0.677. The third kappa shape index (κ3) is 3.44. The zero-order valence-electron chi connectivity index (χ0n) is 8.78. The van der Waals surface area contributed by atoms with Crippen LogP contribution >= 0.6 is 0 Å².